The van der Waals surface area contributed by atoms with Crippen LogP contribution in [0.4, 0.5) is 5.69 Å². The number of benzene rings is 2. The van der Waals surface area contributed by atoms with Crippen molar-refractivity contribution in [3.8, 4) is 17.2 Å². The van der Waals surface area contributed by atoms with E-state index in [9.17, 15) is 14.9 Å². The topological polar surface area (TPSA) is 87.9 Å². The van der Waals surface area contributed by atoms with Gasteiger partial charge in [0.05, 0.1) is 4.92 Å². The Morgan fingerprint density at radius 1 is 1.23 bits per heavy atom. The molecular formula is C15H11NO6. The summed E-state index contributed by atoms with van der Waals surface area (Å²) in [4.78, 5) is 22.7. The molecule has 1 heterocycles. The number of nitro groups is 1. The van der Waals surface area contributed by atoms with Crippen molar-refractivity contribution in [1.82, 2.24) is 0 Å². The van der Waals surface area contributed by atoms with Crippen LogP contribution < -0.4 is 14.2 Å². The summed E-state index contributed by atoms with van der Waals surface area (Å²) in [7, 11) is 0. The molecule has 1 aliphatic heterocycles. The maximum absolute atomic E-state index is 12.2. The van der Waals surface area contributed by atoms with Gasteiger partial charge in [-0.05, 0) is 25.1 Å². The second-order valence-electron chi connectivity index (χ2n) is 4.63. The lowest BCUT2D eigenvalue weighted by Crippen LogP contribution is -2.11. The number of nitrogens with zero attached hydrogens (tertiary/aromatic N) is 1. The number of hydrogen-bond acceptors (Lipinski definition) is 6. The molecule has 7 nitrogen and oxygen atoms in total. The number of rotatable bonds is 3. The fourth-order valence-corrected chi connectivity index (χ4v) is 2.17. The second kappa shape index (κ2) is 5.36. The summed E-state index contributed by atoms with van der Waals surface area (Å²) in [5.41, 5.74) is 0.0426. The van der Waals surface area contributed by atoms with Crippen molar-refractivity contribution in [1.29, 1.82) is 0 Å². The number of fused-ring (bicyclic) bond motifs is 1. The summed E-state index contributed by atoms with van der Waals surface area (Å²) in [6, 6.07) is 9.14. The molecule has 2 aromatic carbocycles. The molecule has 3 rings (SSSR count). The lowest BCUT2D eigenvalue weighted by Gasteiger charge is -2.07. The molecule has 0 unspecified atom stereocenters. The molecule has 0 spiro atoms. The minimum Gasteiger partial charge on any atom is -0.454 e. The van der Waals surface area contributed by atoms with E-state index in [-0.39, 0.29) is 23.8 Å². The van der Waals surface area contributed by atoms with Crippen molar-refractivity contribution < 1.29 is 23.9 Å². The monoisotopic (exact) mass is 301 g/mol. The molecule has 22 heavy (non-hydrogen) atoms. The van der Waals surface area contributed by atoms with E-state index in [0.717, 1.165) is 0 Å². The van der Waals surface area contributed by atoms with Gasteiger partial charge in [0.25, 0.3) is 5.69 Å². The van der Waals surface area contributed by atoms with Crippen molar-refractivity contribution in [3.05, 3.63) is 57.6 Å². The van der Waals surface area contributed by atoms with Gasteiger partial charge in [-0.15, -0.1) is 0 Å². The first-order chi connectivity index (χ1) is 10.6. The average Bonchev–Trinajstić information content (AvgIpc) is 2.94. The SMILES string of the molecule is Cc1cccc(C(=O)Oc2ccc3c(c2)OCO3)c1[N+](=O)[O-]. The Labute approximate surface area is 125 Å². The fraction of sp³-hybridized carbons (Fsp3) is 0.133. The van der Waals surface area contributed by atoms with Crippen LogP contribution in [0.25, 0.3) is 0 Å². The highest BCUT2D eigenvalue weighted by Crippen LogP contribution is 2.35. The molecule has 0 aliphatic carbocycles. The summed E-state index contributed by atoms with van der Waals surface area (Å²) in [5.74, 6) is 0.449. The number of esters is 1. The predicted octanol–water partition coefficient (Wildman–Crippen LogP) is 2.85. The van der Waals surface area contributed by atoms with E-state index in [1.54, 1.807) is 25.1 Å². The number of para-hydroxylation sites is 1. The summed E-state index contributed by atoms with van der Waals surface area (Å²) in [6.45, 7) is 1.67. The van der Waals surface area contributed by atoms with Crippen molar-refractivity contribution in [2.45, 2.75) is 6.92 Å². The van der Waals surface area contributed by atoms with Gasteiger partial charge in [-0.1, -0.05) is 12.1 Å². The van der Waals surface area contributed by atoms with Gasteiger partial charge in [-0.25, -0.2) is 4.79 Å². The van der Waals surface area contributed by atoms with Crippen LogP contribution in [0.2, 0.25) is 0 Å². The zero-order valence-corrected chi connectivity index (χ0v) is 11.6. The van der Waals surface area contributed by atoms with Crippen LogP contribution in [0, 0.1) is 17.0 Å². The van der Waals surface area contributed by atoms with E-state index in [1.165, 1.54) is 18.2 Å². The molecule has 7 heteroatoms. The third kappa shape index (κ3) is 2.44. The van der Waals surface area contributed by atoms with Crippen LogP contribution >= 0.6 is 0 Å². The zero-order chi connectivity index (χ0) is 15.7. The Morgan fingerprint density at radius 3 is 2.77 bits per heavy atom. The highest BCUT2D eigenvalue weighted by Gasteiger charge is 2.24. The molecule has 0 fully saturated rings. The number of nitro benzene ring substituents is 1. The first-order valence-corrected chi connectivity index (χ1v) is 6.42. The number of carbonyl (C=O) groups is 1. The van der Waals surface area contributed by atoms with Crippen molar-refractivity contribution in [2.75, 3.05) is 6.79 Å². The van der Waals surface area contributed by atoms with E-state index in [0.29, 0.717) is 17.1 Å². The molecule has 0 saturated carbocycles. The van der Waals surface area contributed by atoms with Gasteiger partial charge < -0.3 is 14.2 Å². The molecule has 0 amide bonds. The lowest BCUT2D eigenvalue weighted by atomic mass is 10.1. The summed E-state index contributed by atoms with van der Waals surface area (Å²) < 4.78 is 15.5. The summed E-state index contributed by atoms with van der Waals surface area (Å²) in [5, 5.41) is 11.1. The zero-order valence-electron chi connectivity index (χ0n) is 11.6. The molecule has 112 valence electrons. The van der Waals surface area contributed by atoms with E-state index in [4.69, 9.17) is 14.2 Å². The first-order valence-electron chi connectivity index (χ1n) is 6.42. The van der Waals surface area contributed by atoms with Crippen molar-refractivity contribution >= 4 is 11.7 Å². The maximum atomic E-state index is 12.2. The van der Waals surface area contributed by atoms with Crippen LogP contribution in [-0.2, 0) is 0 Å². The standard InChI is InChI=1S/C15H11NO6/c1-9-3-2-4-11(14(9)16(18)19)15(17)22-10-5-6-12-13(7-10)21-8-20-12/h2-7H,8H2,1H3. The van der Waals surface area contributed by atoms with E-state index in [2.05, 4.69) is 0 Å². The normalized spacial score (nSPS) is 12.0. The van der Waals surface area contributed by atoms with Gasteiger partial charge in [-0.2, -0.15) is 0 Å². The lowest BCUT2D eigenvalue weighted by molar-refractivity contribution is -0.385. The van der Waals surface area contributed by atoms with Gasteiger partial charge in [0.2, 0.25) is 6.79 Å². The molecule has 1 aliphatic rings. The van der Waals surface area contributed by atoms with Crippen molar-refractivity contribution in [2.24, 2.45) is 0 Å². The second-order valence-corrected chi connectivity index (χ2v) is 4.63. The number of aryl methyl sites for hydroxylation is 1. The van der Waals surface area contributed by atoms with E-state index >= 15 is 0 Å². The average molecular weight is 301 g/mol. The molecule has 0 saturated heterocycles. The fourth-order valence-electron chi connectivity index (χ4n) is 2.17. The molecule has 0 aromatic heterocycles. The van der Waals surface area contributed by atoms with Crippen molar-refractivity contribution in [3.63, 3.8) is 0 Å². The number of ether oxygens (including phenoxy) is 3. The van der Waals surface area contributed by atoms with E-state index in [1.807, 2.05) is 0 Å². The van der Waals surface area contributed by atoms with E-state index < -0.39 is 10.9 Å². The highest BCUT2D eigenvalue weighted by atomic mass is 16.7. The minimum absolute atomic E-state index is 0.0948. The molecule has 0 N–H and O–H groups in total. The first kappa shape index (κ1) is 13.9. The largest absolute Gasteiger partial charge is 0.454 e. The third-order valence-corrected chi connectivity index (χ3v) is 3.19. The van der Waals surface area contributed by atoms with Crippen LogP contribution in [0.3, 0.4) is 0 Å². The molecule has 0 atom stereocenters. The van der Waals surface area contributed by atoms with Gasteiger partial charge in [-0.3, -0.25) is 10.1 Å². The number of hydrogen-bond donors (Lipinski definition) is 0. The predicted molar refractivity (Wildman–Crippen MR) is 75.4 cm³/mol. The Bertz CT molecular complexity index is 771. The minimum atomic E-state index is -0.797. The van der Waals surface area contributed by atoms with Crippen LogP contribution in [0.1, 0.15) is 15.9 Å². The third-order valence-electron chi connectivity index (χ3n) is 3.19. The molecule has 2 aromatic rings. The molecular weight excluding hydrogens is 290 g/mol. The Kier molecular flexibility index (Phi) is 3.38. The molecule has 0 radical (unpaired) electrons. The van der Waals surface area contributed by atoms with Gasteiger partial charge in [0.1, 0.15) is 11.3 Å². The maximum Gasteiger partial charge on any atom is 0.350 e. The quantitative estimate of drug-likeness (QED) is 0.375. The Balaban J connectivity index is 1.89. The van der Waals surface area contributed by atoms with Crippen LogP contribution in [0.15, 0.2) is 36.4 Å². The Hall–Kier alpha value is -3.09. The smallest absolute Gasteiger partial charge is 0.350 e. The summed E-state index contributed by atoms with van der Waals surface area (Å²) >= 11 is 0. The van der Waals surface area contributed by atoms with Gasteiger partial charge in [0, 0.05) is 11.6 Å². The van der Waals surface area contributed by atoms with Crippen LogP contribution in [0.5, 0.6) is 17.2 Å². The Morgan fingerprint density at radius 2 is 2.00 bits per heavy atom. The molecule has 0 bridgehead atoms. The highest BCUT2D eigenvalue weighted by molar-refractivity contribution is 5.95. The van der Waals surface area contributed by atoms with Gasteiger partial charge in [0.15, 0.2) is 11.5 Å². The summed E-state index contributed by atoms with van der Waals surface area (Å²) in [6.07, 6.45) is 0. The number of carbonyl (C=O) groups excluding carboxylic acids is 1. The van der Waals surface area contributed by atoms with Gasteiger partial charge >= 0.3 is 5.97 Å². The van der Waals surface area contributed by atoms with Crippen LogP contribution in [-0.4, -0.2) is 17.7 Å².